The molecular weight excluding hydrogens is 799 g/mol. The summed E-state index contributed by atoms with van der Waals surface area (Å²) in [5.41, 5.74) is 0.449. The van der Waals surface area contributed by atoms with E-state index in [0.717, 1.165) is 13.1 Å². The van der Waals surface area contributed by atoms with Gasteiger partial charge in [-0.2, -0.15) is 5.10 Å². The highest BCUT2D eigenvalue weighted by atomic mass is 16.7. The Morgan fingerprint density at radius 3 is 2.34 bits per heavy atom. The highest BCUT2D eigenvalue weighted by Crippen LogP contribution is 2.50. The first-order valence-corrected chi connectivity index (χ1v) is 21.1. The lowest BCUT2D eigenvalue weighted by molar-refractivity contribution is -0.160. The molecule has 6 rings (SSSR count). The third kappa shape index (κ3) is 9.74. The number of amides is 1. The van der Waals surface area contributed by atoms with Crippen molar-refractivity contribution in [3.8, 4) is 5.75 Å². The molecule has 1 amide bonds. The summed E-state index contributed by atoms with van der Waals surface area (Å²) in [4.78, 5) is 58.1. The van der Waals surface area contributed by atoms with E-state index in [4.69, 9.17) is 18.9 Å². The highest BCUT2D eigenvalue weighted by Gasteiger charge is 2.52. The number of anilines is 1. The maximum atomic E-state index is 14.9. The molecule has 1 saturated heterocycles. The fourth-order valence-electron chi connectivity index (χ4n) is 8.46. The molecule has 10 atom stereocenters. The average molecular weight is 862 g/mol. The molecule has 1 aromatic rings. The molecule has 5 aliphatic rings. The molecule has 0 saturated carbocycles. The zero-order valence-electron chi connectivity index (χ0n) is 37.4. The van der Waals surface area contributed by atoms with E-state index in [1.807, 2.05) is 7.05 Å². The van der Waals surface area contributed by atoms with Crippen LogP contribution in [0.5, 0.6) is 5.75 Å². The molecule has 4 heterocycles. The van der Waals surface area contributed by atoms with Gasteiger partial charge >= 0.3 is 11.8 Å². The number of fused-ring (bicyclic) bond motifs is 14. The number of Topliss-reactive ketones (excluding diaryl/α,β-unsaturated/α-hetero) is 2. The molecule has 1 unspecified atom stereocenters. The van der Waals surface area contributed by atoms with Gasteiger partial charge in [0, 0.05) is 99.6 Å². The number of ketones is 2. The minimum absolute atomic E-state index is 0.0339. The molecule has 338 valence electrons. The summed E-state index contributed by atoms with van der Waals surface area (Å²) in [6.45, 7) is 19.5. The number of allylic oxidation sites excluding steroid dienone is 3. The van der Waals surface area contributed by atoms with Crippen molar-refractivity contribution < 1.29 is 53.4 Å². The minimum Gasteiger partial charge on any atom is -0.462 e. The number of nitrogens with one attached hydrogen (secondary N) is 2. The van der Waals surface area contributed by atoms with Crippen molar-refractivity contribution in [1.29, 1.82) is 0 Å². The average Bonchev–Trinajstić information content (AvgIpc) is 3.50. The standard InChI is InChI=1S/C46H63N5O11/c1-12-17-47-36-27(5)43-35-33-34(36)41(56)37(31(40(33)55)23-48-51-20-18-50(10)19-21-51)49-45(58)25(3)15-13-14-24(2)38(53)28(6)39(54)29(7)42(61-30(8)52)26(4)32(59-11)16-22-60-46(9,62-43)44(35)57/h12-16,22-24,26,28-29,32,38-40,42,47,53-55H,1,17-21H2,2-11H3,(H,49,58)/b14-13+,22-16+,25-15-,48-23+/t24-,26+,28+,29+,32-,38-,39+,40?,42+,46-/m0/s1. The van der Waals surface area contributed by atoms with Crippen molar-refractivity contribution in [3.05, 3.63) is 82.3 Å². The topological polar surface area (TPSA) is 209 Å². The van der Waals surface area contributed by atoms with Crippen LogP contribution >= 0.6 is 0 Å². The number of aliphatic hydroxyl groups excluding tert-OH is 3. The molecule has 5 bridgehead atoms. The second kappa shape index (κ2) is 19.9. The van der Waals surface area contributed by atoms with Crippen molar-refractivity contribution in [2.45, 2.75) is 91.7 Å². The van der Waals surface area contributed by atoms with Gasteiger partial charge in [0.25, 0.3) is 11.7 Å². The lowest BCUT2D eigenvalue weighted by Crippen LogP contribution is -2.46. The summed E-state index contributed by atoms with van der Waals surface area (Å²) in [7, 11) is 3.46. The number of ether oxygens (including phenoxy) is 4. The summed E-state index contributed by atoms with van der Waals surface area (Å²) < 4.78 is 24.0. The minimum atomic E-state index is -1.99. The van der Waals surface area contributed by atoms with Gasteiger partial charge in [0.1, 0.15) is 18.0 Å². The number of hydrogen-bond acceptors (Lipinski definition) is 15. The van der Waals surface area contributed by atoms with Gasteiger partial charge in [0.2, 0.25) is 5.78 Å². The molecule has 5 N–H and O–H groups in total. The van der Waals surface area contributed by atoms with Crippen molar-refractivity contribution in [3.63, 3.8) is 0 Å². The predicted molar refractivity (Wildman–Crippen MR) is 233 cm³/mol. The van der Waals surface area contributed by atoms with Crippen molar-refractivity contribution in [2.75, 3.05) is 52.2 Å². The van der Waals surface area contributed by atoms with Crippen molar-refractivity contribution >= 4 is 35.3 Å². The lowest BCUT2D eigenvalue weighted by atomic mass is 9.78. The SMILES string of the molecule is C=CCNc1c(C)c2c3c4c1C(=O)C(=C(/C=N/N1CCN(C)CC1)C4O)NC(=O)/C(C)=C\C=C\[C@H](C)[C@H](O)[C@@H](C)[C@@H](O)[C@@H](C)[C@H](OC(C)=O)[C@H](C)[C@@H](OC)/C=C/O[C@@](C)(O2)C3=O. The molecule has 0 spiro atoms. The normalized spacial score (nSPS) is 33.3. The number of carbonyl (C=O) groups excluding carboxylic acids is 4. The fraction of sp³-hybridized carbons (Fsp3) is 0.543. The van der Waals surface area contributed by atoms with Crippen LogP contribution in [0.1, 0.15) is 86.4 Å². The number of hydrogen-bond donors (Lipinski definition) is 5. The third-order valence-corrected chi connectivity index (χ3v) is 12.4. The summed E-state index contributed by atoms with van der Waals surface area (Å²) in [5, 5.41) is 47.8. The molecule has 1 aliphatic carbocycles. The highest BCUT2D eigenvalue weighted by molar-refractivity contribution is 6.22. The number of piperazine rings is 1. The van der Waals surface area contributed by atoms with Gasteiger partial charge in [-0.1, -0.05) is 52.0 Å². The zero-order valence-corrected chi connectivity index (χ0v) is 37.4. The number of likely N-dealkylation sites (N-methyl/N-ethyl adjacent to an activating group) is 1. The number of methoxy groups -OCH3 is 1. The molecular formula is C46H63N5O11. The Labute approximate surface area is 364 Å². The molecule has 16 nitrogen and oxygen atoms in total. The van der Waals surface area contributed by atoms with Crippen molar-refractivity contribution in [1.82, 2.24) is 15.2 Å². The molecule has 16 heteroatoms. The quantitative estimate of drug-likeness (QED) is 0.149. The van der Waals surface area contributed by atoms with Crippen LogP contribution in [0.4, 0.5) is 5.69 Å². The number of esters is 1. The summed E-state index contributed by atoms with van der Waals surface area (Å²) in [6.07, 6.45) is 5.05. The fourth-order valence-corrected chi connectivity index (χ4v) is 8.46. The second-order valence-corrected chi connectivity index (χ2v) is 16.9. The van der Waals surface area contributed by atoms with E-state index in [-0.39, 0.29) is 51.5 Å². The largest absolute Gasteiger partial charge is 0.462 e. The Bertz CT molecular complexity index is 2070. The molecule has 4 aliphatic heterocycles. The maximum Gasteiger partial charge on any atom is 0.312 e. The van der Waals surface area contributed by atoms with Gasteiger partial charge in [-0.25, -0.2) is 0 Å². The van der Waals surface area contributed by atoms with Gasteiger partial charge < -0.3 is 49.8 Å². The van der Waals surface area contributed by atoms with Gasteiger partial charge in [0.05, 0.1) is 53.3 Å². The van der Waals surface area contributed by atoms with Crippen LogP contribution in [0.25, 0.3) is 0 Å². The monoisotopic (exact) mass is 861 g/mol. The second-order valence-electron chi connectivity index (χ2n) is 16.9. The first kappa shape index (κ1) is 47.9. The predicted octanol–water partition coefficient (Wildman–Crippen LogP) is 3.98. The van der Waals surface area contributed by atoms with Gasteiger partial charge in [-0.15, -0.1) is 6.58 Å². The number of benzene rings is 1. The molecule has 62 heavy (non-hydrogen) atoms. The van der Waals surface area contributed by atoms with E-state index in [0.29, 0.717) is 18.7 Å². The summed E-state index contributed by atoms with van der Waals surface area (Å²) in [6, 6.07) is 0. The lowest BCUT2D eigenvalue weighted by Gasteiger charge is -2.38. The third-order valence-electron chi connectivity index (χ3n) is 12.4. The van der Waals surface area contributed by atoms with E-state index >= 15 is 0 Å². The Morgan fingerprint density at radius 1 is 1.03 bits per heavy atom. The number of carbonyl (C=O) groups is 4. The summed E-state index contributed by atoms with van der Waals surface area (Å²) in [5.74, 6) is -6.93. The van der Waals surface area contributed by atoms with E-state index in [2.05, 4.69) is 27.2 Å². The molecule has 0 radical (unpaired) electrons. The van der Waals surface area contributed by atoms with Crippen LogP contribution in [-0.4, -0.2) is 132 Å². The Morgan fingerprint density at radius 2 is 1.71 bits per heavy atom. The van der Waals surface area contributed by atoms with Crippen LogP contribution < -0.4 is 15.4 Å². The first-order valence-electron chi connectivity index (χ1n) is 21.1. The van der Waals surface area contributed by atoms with E-state index in [9.17, 15) is 34.5 Å². The number of aliphatic hydroxyl groups is 3. The Balaban J connectivity index is 1.70. The number of hydrazone groups is 1. The van der Waals surface area contributed by atoms with Crippen LogP contribution in [0.2, 0.25) is 0 Å². The van der Waals surface area contributed by atoms with E-state index < -0.39 is 83.4 Å². The van der Waals surface area contributed by atoms with Crippen LogP contribution in [0.3, 0.4) is 0 Å². The summed E-state index contributed by atoms with van der Waals surface area (Å²) >= 11 is 0. The van der Waals surface area contributed by atoms with Gasteiger partial charge in [0.15, 0.2) is 0 Å². The molecule has 1 aromatic carbocycles. The van der Waals surface area contributed by atoms with Crippen LogP contribution in [0.15, 0.2) is 65.2 Å². The zero-order chi connectivity index (χ0) is 45.8. The van der Waals surface area contributed by atoms with Gasteiger partial charge in [-0.3, -0.25) is 24.2 Å². The first-order chi connectivity index (χ1) is 29.3. The van der Waals surface area contributed by atoms with E-state index in [1.165, 1.54) is 45.6 Å². The molecule has 0 aromatic heterocycles. The van der Waals surface area contributed by atoms with Crippen molar-refractivity contribution in [2.24, 2.45) is 28.8 Å². The smallest absolute Gasteiger partial charge is 0.312 e. The van der Waals surface area contributed by atoms with Crippen LogP contribution in [0, 0.1) is 30.6 Å². The van der Waals surface area contributed by atoms with Crippen LogP contribution in [-0.2, 0) is 23.8 Å². The Kier molecular flexibility index (Phi) is 15.4. The number of rotatable bonds is 7. The maximum absolute atomic E-state index is 14.9. The van der Waals surface area contributed by atoms with Gasteiger partial charge in [-0.05, 0) is 27.0 Å². The van der Waals surface area contributed by atoms with E-state index in [1.54, 1.807) is 64.8 Å². The molecule has 1 fully saturated rings. The number of nitrogens with zero attached hydrogens (tertiary/aromatic N) is 3. The Hall–Kier alpha value is -5.13.